The van der Waals surface area contributed by atoms with Crippen LogP contribution in [-0.2, 0) is 4.79 Å². The summed E-state index contributed by atoms with van der Waals surface area (Å²) in [6, 6.07) is 15.5. The van der Waals surface area contributed by atoms with E-state index in [-0.39, 0.29) is 17.4 Å². The van der Waals surface area contributed by atoms with E-state index < -0.39 is 0 Å². The monoisotopic (exact) mass is 284 g/mol. The van der Waals surface area contributed by atoms with E-state index in [1.54, 1.807) is 42.5 Å². The summed E-state index contributed by atoms with van der Waals surface area (Å²) in [6.45, 7) is 0. The Hall–Kier alpha value is -2.45. The largest absolute Gasteiger partial charge is 0.508 e. The van der Waals surface area contributed by atoms with Gasteiger partial charge in [0.1, 0.15) is 5.75 Å². The molecule has 5 heteroatoms. The maximum Gasteiger partial charge on any atom is 0.234 e. The average Bonchev–Trinajstić information content (AvgIpc) is 2.46. The van der Waals surface area contributed by atoms with Crippen molar-refractivity contribution in [1.29, 1.82) is 5.26 Å². The van der Waals surface area contributed by atoms with Crippen molar-refractivity contribution in [3.8, 4) is 11.8 Å². The smallest absolute Gasteiger partial charge is 0.234 e. The molecule has 100 valence electrons. The summed E-state index contributed by atoms with van der Waals surface area (Å²) in [5.41, 5.74) is 1.21. The number of amides is 1. The SMILES string of the molecule is N#Cc1ccc(NC(=O)CSc2cccc(O)c2)cc1. The van der Waals surface area contributed by atoms with Crippen LogP contribution in [0.25, 0.3) is 0 Å². The van der Waals surface area contributed by atoms with Gasteiger partial charge in [0, 0.05) is 10.6 Å². The van der Waals surface area contributed by atoms with Crippen molar-refractivity contribution in [2.45, 2.75) is 4.90 Å². The average molecular weight is 284 g/mol. The summed E-state index contributed by atoms with van der Waals surface area (Å²) in [6.07, 6.45) is 0. The number of hydrogen-bond acceptors (Lipinski definition) is 4. The topological polar surface area (TPSA) is 73.1 Å². The van der Waals surface area contributed by atoms with Crippen LogP contribution in [-0.4, -0.2) is 16.8 Å². The Morgan fingerprint density at radius 1 is 1.25 bits per heavy atom. The maximum absolute atomic E-state index is 11.8. The van der Waals surface area contributed by atoms with E-state index in [0.29, 0.717) is 11.3 Å². The molecule has 0 radical (unpaired) electrons. The van der Waals surface area contributed by atoms with Crippen molar-refractivity contribution < 1.29 is 9.90 Å². The number of thioether (sulfide) groups is 1. The summed E-state index contributed by atoms with van der Waals surface area (Å²) in [4.78, 5) is 12.6. The van der Waals surface area contributed by atoms with Crippen molar-refractivity contribution >= 4 is 23.4 Å². The molecule has 0 unspecified atom stereocenters. The van der Waals surface area contributed by atoms with E-state index >= 15 is 0 Å². The summed E-state index contributed by atoms with van der Waals surface area (Å²) in [7, 11) is 0. The zero-order valence-corrected chi connectivity index (χ0v) is 11.4. The van der Waals surface area contributed by atoms with Crippen molar-refractivity contribution in [1.82, 2.24) is 0 Å². The van der Waals surface area contributed by atoms with Gasteiger partial charge in [0.05, 0.1) is 17.4 Å². The Balaban J connectivity index is 1.87. The van der Waals surface area contributed by atoms with Gasteiger partial charge in [-0.15, -0.1) is 11.8 Å². The predicted octanol–water partition coefficient (Wildman–Crippen LogP) is 2.99. The van der Waals surface area contributed by atoms with Gasteiger partial charge in [-0.1, -0.05) is 6.07 Å². The van der Waals surface area contributed by atoms with Crippen LogP contribution in [0.4, 0.5) is 5.69 Å². The molecule has 0 atom stereocenters. The van der Waals surface area contributed by atoms with E-state index in [1.807, 2.05) is 12.1 Å². The first-order valence-corrected chi connectivity index (χ1v) is 6.88. The fourth-order valence-corrected chi connectivity index (χ4v) is 2.30. The van der Waals surface area contributed by atoms with Crippen LogP contribution in [0.5, 0.6) is 5.75 Å². The summed E-state index contributed by atoms with van der Waals surface area (Å²) < 4.78 is 0. The number of carbonyl (C=O) groups excluding carboxylic acids is 1. The molecule has 2 aromatic carbocycles. The van der Waals surface area contributed by atoms with Crippen LogP contribution < -0.4 is 5.32 Å². The molecule has 0 fully saturated rings. The first-order valence-electron chi connectivity index (χ1n) is 5.89. The number of nitrogens with one attached hydrogen (secondary N) is 1. The molecule has 4 nitrogen and oxygen atoms in total. The molecule has 2 N–H and O–H groups in total. The molecule has 2 rings (SSSR count). The standard InChI is InChI=1S/C15H12N2O2S/c16-9-11-4-6-12(7-5-11)17-15(19)10-20-14-3-1-2-13(18)8-14/h1-8,18H,10H2,(H,17,19). The Morgan fingerprint density at radius 2 is 2.00 bits per heavy atom. The number of nitriles is 1. The van der Waals surface area contributed by atoms with Gasteiger partial charge >= 0.3 is 0 Å². The van der Waals surface area contributed by atoms with Gasteiger partial charge in [-0.2, -0.15) is 5.26 Å². The molecule has 0 aliphatic rings. The van der Waals surface area contributed by atoms with Crippen molar-refractivity contribution in [2.24, 2.45) is 0 Å². The molecule has 0 saturated heterocycles. The van der Waals surface area contributed by atoms with Crippen molar-refractivity contribution in [3.05, 3.63) is 54.1 Å². The van der Waals surface area contributed by atoms with Crippen LogP contribution in [0.1, 0.15) is 5.56 Å². The molecular weight excluding hydrogens is 272 g/mol. The highest BCUT2D eigenvalue weighted by atomic mass is 32.2. The number of anilines is 1. The normalized spacial score (nSPS) is 9.75. The lowest BCUT2D eigenvalue weighted by Gasteiger charge is -2.05. The van der Waals surface area contributed by atoms with Gasteiger partial charge in [-0.3, -0.25) is 4.79 Å². The van der Waals surface area contributed by atoms with Gasteiger partial charge in [0.2, 0.25) is 5.91 Å². The van der Waals surface area contributed by atoms with E-state index in [1.165, 1.54) is 11.8 Å². The molecule has 0 aromatic heterocycles. The molecule has 2 aromatic rings. The minimum Gasteiger partial charge on any atom is -0.508 e. The van der Waals surface area contributed by atoms with Gasteiger partial charge in [0.25, 0.3) is 0 Å². The molecule has 1 amide bonds. The van der Waals surface area contributed by atoms with Crippen LogP contribution >= 0.6 is 11.8 Å². The quantitative estimate of drug-likeness (QED) is 0.846. The van der Waals surface area contributed by atoms with Crippen molar-refractivity contribution in [3.63, 3.8) is 0 Å². The van der Waals surface area contributed by atoms with E-state index in [4.69, 9.17) is 5.26 Å². The highest BCUT2D eigenvalue weighted by Gasteiger charge is 2.04. The Bertz CT molecular complexity index is 648. The van der Waals surface area contributed by atoms with E-state index in [2.05, 4.69) is 5.32 Å². The second-order valence-corrected chi connectivity index (χ2v) is 5.07. The second-order valence-electron chi connectivity index (χ2n) is 4.02. The van der Waals surface area contributed by atoms with Gasteiger partial charge < -0.3 is 10.4 Å². The Labute approximate surface area is 121 Å². The number of rotatable bonds is 4. The lowest BCUT2D eigenvalue weighted by molar-refractivity contribution is -0.113. The third-order valence-corrected chi connectivity index (χ3v) is 3.48. The predicted molar refractivity (Wildman–Crippen MR) is 78.6 cm³/mol. The fraction of sp³-hybridized carbons (Fsp3) is 0.0667. The van der Waals surface area contributed by atoms with Crippen LogP contribution in [0.3, 0.4) is 0 Å². The highest BCUT2D eigenvalue weighted by molar-refractivity contribution is 8.00. The van der Waals surface area contributed by atoms with Crippen LogP contribution in [0.2, 0.25) is 0 Å². The molecule has 0 spiro atoms. The third-order valence-electron chi connectivity index (χ3n) is 2.49. The molecular formula is C15H12N2O2S. The minimum atomic E-state index is -0.136. The lowest BCUT2D eigenvalue weighted by Crippen LogP contribution is -2.13. The Kier molecular flexibility index (Phi) is 4.64. The Morgan fingerprint density at radius 3 is 2.65 bits per heavy atom. The number of phenols is 1. The summed E-state index contributed by atoms with van der Waals surface area (Å²) >= 11 is 1.35. The molecule has 0 heterocycles. The van der Waals surface area contributed by atoms with Crippen LogP contribution in [0, 0.1) is 11.3 Å². The minimum absolute atomic E-state index is 0.136. The first-order chi connectivity index (χ1) is 9.67. The lowest BCUT2D eigenvalue weighted by atomic mass is 10.2. The van der Waals surface area contributed by atoms with Crippen LogP contribution in [0.15, 0.2) is 53.4 Å². The fourth-order valence-electron chi connectivity index (χ4n) is 1.55. The van der Waals surface area contributed by atoms with Crippen molar-refractivity contribution in [2.75, 3.05) is 11.1 Å². The van der Waals surface area contributed by atoms with Gasteiger partial charge in [-0.05, 0) is 42.5 Å². The summed E-state index contributed by atoms with van der Waals surface area (Å²) in [5.74, 6) is 0.300. The highest BCUT2D eigenvalue weighted by Crippen LogP contribution is 2.22. The van der Waals surface area contributed by atoms with E-state index in [9.17, 15) is 9.90 Å². The third kappa shape index (κ3) is 4.04. The van der Waals surface area contributed by atoms with Gasteiger partial charge in [0.15, 0.2) is 0 Å². The maximum atomic E-state index is 11.8. The first kappa shape index (κ1) is 14.0. The molecule has 20 heavy (non-hydrogen) atoms. The van der Waals surface area contributed by atoms with E-state index in [0.717, 1.165) is 4.90 Å². The molecule has 0 bridgehead atoms. The molecule has 0 saturated carbocycles. The molecule has 0 aliphatic carbocycles. The summed E-state index contributed by atoms with van der Waals surface area (Å²) in [5, 5.41) is 20.8. The van der Waals surface area contributed by atoms with Gasteiger partial charge in [-0.25, -0.2) is 0 Å². The zero-order valence-electron chi connectivity index (χ0n) is 10.5. The number of benzene rings is 2. The number of nitrogens with zero attached hydrogens (tertiary/aromatic N) is 1. The number of hydrogen-bond donors (Lipinski definition) is 2. The second kappa shape index (κ2) is 6.64. The number of carbonyl (C=O) groups is 1. The molecule has 0 aliphatic heterocycles. The number of aromatic hydroxyl groups is 1. The number of phenolic OH excluding ortho intramolecular Hbond substituents is 1. The zero-order chi connectivity index (χ0) is 14.4.